The van der Waals surface area contributed by atoms with Crippen LogP contribution in [-0.2, 0) is 20.3 Å². The molecule has 2 rings (SSSR count). The minimum absolute atomic E-state index is 0.0359. The fourth-order valence-electron chi connectivity index (χ4n) is 2.02. The van der Waals surface area contributed by atoms with E-state index in [4.69, 9.17) is 4.74 Å². The van der Waals surface area contributed by atoms with E-state index < -0.39 is 24.2 Å². The first-order valence-corrected chi connectivity index (χ1v) is 6.33. The summed E-state index contributed by atoms with van der Waals surface area (Å²) >= 11 is 0. The minimum Gasteiger partial charge on any atom is -0.483 e. The molecule has 4 nitrogen and oxygen atoms in total. The van der Waals surface area contributed by atoms with E-state index in [-0.39, 0.29) is 18.1 Å². The number of benzene rings is 1. The average Bonchev–Trinajstić information content (AvgIpc) is 2.48. The van der Waals surface area contributed by atoms with Crippen LogP contribution in [0.15, 0.2) is 41.2 Å². The Bertz CT molecular complexity index is 669. The number of rotatable bonds is 5. The number of alkyl halides is 2. The largest absolute Gasteiger partial charge is 0.483 e. The number of ether oxygens (including phenoxy) is 1. The van der Waals surface area contributed by atoms with Gasteiger partial charge in [-0.05, 0) is 5.56 Å². The van der Waals surface area contributed by atoms with Crippen LogP contribution < -0.4 is 10.2 Å². The zero-order valence-corrected chi connectivity index (χ0v) is 11.4. The van der Waals surface area contributed by atoms with E-state index in [0.29, 0.717) is 0 Å². The number of aliphatic hydroxyl groups is 1. The fourth-order valence-corrected chi connectivity index (χ4v) is 2.02. The lowest BCUT2D eigenvalue weighted by Gasteiger charge is -2.16. The Hall–Kier alpha value is -2.21. The maximum absolute atomic E-state index is 12.8. The van der Waals surface area contributed by atoms with Crippen LogP contribution in [0.2, 0.25) is 0 Å². The summed E-state index contributed by atoms with van der Waals surface area (Å²) in [7, 11) is 1.36. The van der Waals surface area contributed by atoms with E-state index in [1.807, 2.05) is 30.3 Å². The van der Waals surface area contributed by atoms with Crippen LogP contribution in [0, 0.1) is 0 Å². The molecule has 2 aromatic rings. The normalized spacial score (nSPS) is 10.9. The molecule has 0 unspecified atom stereocenters. The molecule has 1 aromatic heterocycles. The molecular weight excluding hydrogens is 280 g/mol. The lowest BCUT2D eigenvalue weighted by Crippen LogP contribution is -2.19. The molecule has 0 saturated heterocycles. The molecule has 6 heteroatoms. The SMILES string of the molecule is Cn1c(C(F)F)cc(=O)c(OCc2ccccc2)c1CO. The topological polar surface area (TPSA) is 51.5 Å². The van der Waals surface area contributed by atoms with Crippen molar-refractivity contribution in [1.29, 1.82) is 0 Å². The van der Waals surface area contributed by atoms with E-state index in [2.05, 4.69) is 0 Å². The molecule has 21 heavy (non-hydrogen) atoms. The summed E-state index contributed by atoms with van der Waals surface area (Å²) in [5.74, 6) is -0.103. The third kappa shape index (κ3) is 3.28. The summed E-state index contributed by atoms with van der Waals surface area (Å²) in [6, 6.07) is 9.96. The predicted molar refractivity (Wildman–Crippen MR) is 73.3 cm³/mol. The number of aromatic nitrogens is 1. The second-order valence-electron chi connectivity index (χ2n) is 4.50. The highest BCUT2D eigenvalue weighted by Gasteiger charge is 2.19. The van der Waals surface area contributed by atoms with E-state index >= 15 is 0 Å². The summed E-state index contributed by atoms with van der Waals surface area (Å²) in [6.07, 6.45) is -2.80. The van der Waals surface area contributed by atoms with E-state index in [1.165, 1.54) is 7.05 Å². The number of pyridine rings is 1. The van der Waals surface area contributed by atoms with Gasteiger partial charge in [0.15, 0.2) is 5.75 Å². The van der Waals surface area contributed by atoms with Gasteiger partial charge in [-0.1, -0.05) is 30.3 Å². The maximum atomic E-state index is 12.8. The number of hydrogen-bond acceptors (Lipinski definition) is 3. The fraction of sp³-hybridized carbons (Fsp3) is 0.267. The van der Waals surface area contributed by atoms with Gasteiger partial charge in [-0.2, -0.15) is 0 Å². The molecule has 0 aliphatic rings. The zero-order valence-electron chi connectivity index (χ0n) is 11.4. The van der Waals surface area contributed by atoms with Gasteiger partial charge in [0.1, 0.15) is 6.61 Å². The smallest absolute Gasteiger partial charge is 0.278 e. The van der Waals surface area contributed by atoms with E-state index in [9.17, 15) is 18.7 Å². The Kier molecular flexibility index (Phi) is 4.70. The Morgan fingerprint density at radius 1 is 1.29 bits per heavy atom. The first kappa shape index (κ1) is 15.2. The van der Waals surface area contributed by atoms with Crippen LogP contribution in [0.4, 0.5) is 8.78 Å². The second kappa shape index (κ2) is 6.49. The van der Waals surface area contributed by atoms with Crippen LogP contribution in [0.3, 0.4) is 0 Å². The average molecular weight is 295 g/mol. The molecular formula is C15H15F2NO3. The first-order valence-electron chi connectivity index (χ1n) is 6.33. The Morgan fingerprint density at radius 2 is 1.95 bits per heavy atom. The Morgan fingerprint density at radius 3 is 2.52 bits per heavy atom. The minimum atomic E-state index is -2.80. The van der Waals surface area contributed by atoms with Gasteiger partial charge in [0.25, 0.3) is 6.43 Å². The third-order valence-electron chi connectivity index (χ3n) is 3.16. The van der Waals surface area contributed by atoms with E-state index in [1.54, 1.807) is 0 Å². The molecule has 112 valence electrons. The first-order chi connectivity index (χ1) is 10.0. The van der Waals surface area contributed by atoms with E-state index in [0.717, 1.165) is 16.2 Å². The highest BCUT2D eigenvalue weighted by molar-refractivity contribution is 5.31. The number of halogens is 2. The molecule has 0 aliphatic carbocycles. The number of hydrogen-bond donors (Lipinski definition) is 1. The van der Waals surface area contributed by atoms with Crippen LogP contribution in [-0.4, -0.2) is 9.67 Å². The maximum Gasteiger partial charge on any atom is 0.278 e. The van der Waals surface area contributed by atoms with Crippen LogP contribution in [0.1, 0.15) is 23.4 Å². The van der Waals surface area contributed by atoms with Gasteiger partial charge in [-0.15, -0.1) is 0 Å². The molecule has 1 aromatic carbocycles. The lowest BCUT2D eigenvalue weighted by atomic mass is 10.2. The monoisotopic (exact) mass is 295 g/mol. The number of nitrogens with zero attached hydrogens (tertiary/aromatic N) is 1. The van der Waals surface area contributed by atoms with Gasteiger partial charge >= 0.3 is 0 Å². The summed E-state index contributed by atoms with van der Waals surface area (Å²) in [5.41, 5.74) is -0.241. The van der Waals surface area contributed by atoms with Crippen LogP contribution in [0.25, 0.3) is 0 Å². The van der Waals surface area contributed by atoms with Gasteiger partial charge < -0.3 is 14.4 Å². The zero-order chi connectivity index (χ0) is 15.4. The molecule has 1 heterocycles. The molecule has 0 atom stereocenters. The standard InChI is InChI=1S/C15H15F2NO3/c1-18-11(15(16)17)7-13(20)14(12(18)8-19)21-9-10-5-3-2-4-6-10/h2-7,15,19H,8-9H2,1H3. The lowest BCUT2D eigenvalue weighted by molar-refractivity contribution is 0.138. The highest BCUT2D eigenvalue weighted by atomic mass is 19.3. The summed E-state index contributed by atoms with van der Waals surface area (Å²) in [5, 5.41) is 9.34. The highest BCUT2D eigenvalue weighted by Crippen LogP contribution is 2.23. The molecule has 0 fully saturated rings. The molecule has 0 radical (unpaired) electrons. The Labute approximate surface area is 120 Å². The van der Waals surface area contributed by atoms with Crippen molar-refractivity contribution in [3.8, 4) is 5.75 Å². The van der Waals surface area contributed by atoms with Crippen molar-refractivity contribution in [3.63, 3.8) is 0 Å². The molecule has 0 spiro atoms. The number of aliphatic hydroxyl groups excluding tert-OH is 1. The molecule has 0 bridgehead atoms. The molecule has 1 N–H and O–H groups in total. The van der Waals surface area contributed by atoms with Gasteiger partial charge in [0.2, 0.25) is 5.43 Å². The van der Waals surface area contributed by atoms with Gasteiger partial charge in [-0.3, -0.25) is 4.79 Å². The van der Waals surface area contributed by atoms with Crippen molar-refractivity contribution in [2.75, 3.05) is 0 Å². The second-order valence-corrected chi connectivity index (χ2v) is 4.50. The van der Waals surface area contributed by atoms with Crippen molar-refractivity contribution < 1.29 is 18.6 Å². The van der Waals surface area contributed by atoms with Crippen molar-refractivity contribution in [1.82, 2.24) is 4.57 Å². The molecule has 0 aliphatic heterocycles. The quantitative estimate of drug-likeness (QED) is 0.921. The van der Waals surface area contributed by atoms with Crippen molar-refractivity contribution in [2.45, 2.75) is 19.6 Å². The van der Waals surface area contributed by atoms with Crippen molar-refractivity contribution in [2.24, 2.45) is 7.05 Å². The van der Waals surface area contributed by atoms with Crippen LogP contribution >= 0.6 is 0 Å². The Balaban J connectivity index is 2.35. The van der Waals surface area contributed by atoms with Gasteiger partial charge in [0.05, 0.1) is 18.0 Å². The molecule has 0 amide bonds. The predicted octanol–water partition coefficient (Wildman–Crippen LogP) is 2.39. The summed E-state index contributed by atoms with van der Waals surface area (Å²) in [4.78, 5) is 11.9. The van der Waals surface area contributed by atoms with Gasteiger partial charge in [0, 0.05) is 13.1 Å². The molecule has 0 saturated carbocycles. The van der Waals surface area contributed by atoms with Gasteiger partial charge in [-0.25, -0.2) is 8.78 Å². The van der Waals surface area contributed by atoms with Crippen molar-refractivity contribution >= 4 is 0 Å². The van der Waals surface area contributed by atoms with Crippen molar-refractivity contribution in [3.05, 3.63) is 63.6 Å². The third-order valence-corrected chi connectivity index (χ3v) is 3.16. The summed E-state index contributed by atoms with van der Waals surface area (Å²) < 4.78 is 32.2. The van der Waals surface area contributed by atoms with Crippen LogP contribution in [0.5, 0.6) is 5.75 Å². The summed E-state index contributed by atoms with van der Waals surface area (Å²) in [6.45, 7) is -0.437.